The van der Waals surface area contributed by atoms with Crippen molar-refractivity contribution in [2.75, 3.05) is 49.1 Å². The summed E-state index contributed by atoms with van der Waals surface area (Å²) in [6, 6.07) is 8.53. The molecule has 0 aliphatic carbocycles. The molecule has 1 aromatic heterocycles. The van der Waals surface area contributed by atoms with Gasteiger partial charge in [-0.3, -0.25) is 4.79 Å². The van der Waals surface area contributed by atoms with Crippen LogP contribution in [-0.2, 0) is 0 Å². The highest BCUT2D eigenvalue weighted by molar-refractivity contribution is 5.92. The van der Waals surface area contributed by atoms with E-state index in [1.165, 1.54) is 24.1 Å². The highest BCUT2D eigenvalue weighted by atomic mass is 16.2. The number of carbonyl (C=O) groups excluding carboxylic acids is 1. The Morgan fingerprint density at radius 3 is 2.36 bits per heavy atom. The minimum atomic E-state index is -0.0183. The molecule has 2 fully saturated rings. The molecule has 0 N–H and O–H groups in total. The third-order valence-corrected chi connectivity index (χ3v) is 5.90. The second kappa shape index (κ2) is 8.17. The minimum absolute atomic E-state index is 0.0183. The zero-order valence-corrected chi connectivity index (χ0v) is 16.8. The Labute approximate surface area is 167 Å². The van der Waals surface area contributed by atoms with Crippen LogP contribution in [0.15, 0.2) is 36.7 Å². The maximum Gasteiger partial charge on any atom is 0.274 e. The smallest absolute Gasteiger partial charge is 0.274 e. The molecule has 1 aromatic carbocycles. The third kappa shape index (κ3) is 4.11. The molecule has 2 aliphatic rings. The van der Waals surface area contributed by atoms with Crippen LogP contribution in [0, 0.1) is 12.8 Å². The van der Waals surface area contributed by atoms with Crippen molar-refractivity contribution in [3.8, 4) is 0 Å². The highest BCUT2D eigenvalue weighted by Crippen LogP contribution is 2.21. The maximum atomic E-state index is 12.8. The van der Waals surface area contributed by atoms with E-state index in [2.05, 4.69) is 57.9 Å². The van der Waals surface area contributed by atoms with Crippen molar-refractivity contribution in [3.05, 3.63) is 47.9 Å². The molecular formula is C22H29N5O. The predicted molar refractivity (Wildman–Crippen MR) is 112 cm³/mol. The Bertz CT molecular complexity index is 806. The number of piperazine rings is 1. The van der Waals surface area contributed by atoms with Crippen LogP contribution in [-0.4, -0.2) is 60.0 Å². The first-order valence-electron chi connectivity index (χ1n) is 10.3. The van der Waals surface area contributed by atoms with E-state index in [4.69, 9.17) is 0 Å². The van der Waals surface area contributed by atoms with E-state index in [9.17, 15) is 4.79 Å². The van der Waals surface area contributed by atoms with E-state index in [1.807, 2.05) is 4.90 Å². The van der Waals surface area contributed by atoms with Gasteiger partial charge in [0.05, 0.1) is 12.4 Å². The largest absolute Gasteiger partial charge is 0.368 e. The molecule has 6 heteroatoms. The summed E-state index contributed by atoms with van der Waals surface area (Å²) in [6.45, 7) is 9.54. The summed E-state index contributed by atoms with van der Waals surface area (Å²) in [7, 11) is 0. The van der Waals surface area contributed by atoms with Crippen LogP contribution >= 0.6 is 0 Å². The van der Waals surface area contributed by atoms with Crippen molar-refractivity contribution in [2.45, 2.75) is 26.7 Å². The zero-order chi connectivity index (χ0) is 19.5. The number of amides is 1. The second-order valence-corrected chi connectivity index (χ2v) is 8.05. The number of benzene rings is 1. The summed E-state index contributed by atoms with van der Waals surface area (Å²) in [5, 5.41) is 0. The average molecular weight is 380 g/mol. The van der Waals surface area contributed by atoms with Gasteiger partial charge in [0.25, 0.3) is 5.91 Å². The van der Waals surface area contributed by atoms with E-state index < -0.39 is 0 Å². The Morgan fingerprint density at radius 1 is 0.964 bits per heavy atom. The Morgan fingerprint density at radius 2 is 1.71 bits per heavy atom. The van der Waals surface area contributed by atoms with Crippen molar-refractivity contribution in [2.24, 2.45) is 5.92 Å². The summed E-state index contributed by atoms with van der Waals surface area (Å²) in [6.07, 6.45) is 5.77. The number of anilines is 2. The molecule has 148 valence electrons. The van der Waals surface area contributed by atoms with Crippen molar-refractivity contribution in [1.82, 2.24) is 14.9 Å². The third-order valence-electron chi connectivity index (χ3n) is 5.90. The summed E-state index contributed by atoms with van der Waals surface area (Å²) in [5.41, 5.74) is 2.93. The van der Waals surface area contributed by atoms with Crippen LogP contribution in [0.5, 0.6) is 0 Å². The molecule has 3 heterocycles. The van der Waals surface area contributed by atoms with Gasteiger partial charge in [0, 0.05) is 45.0 Å². The van der Waals surface area contributed by atoms with Gasteiger partial charge >= 0.3 is 0 Å². The first-order chi connectivity index (χ1) is 13.6. The van der Waals surface area contributed by atoms with Gasteiger partial charge in [-0.15, -0.1) is 0 Å². The summed E-state index contributed by atoms with van der Waals surface area (Å²) < 4.78 is 0. The fourth-order valence-corrected chi connectivity index (χ4v) is 3.99. The Hall–Kier alpha value is -2.63. The van der Waals surface area contributed by atoms with Crippen molar-refractivity contribution in [3.63, 3.8) is 0 Å². The molecule has 2 saturated heterocycles. The number of aryl methyl sites for hydroxylation is 1. The standard InChI is InChI=1S/C22H29N5O/c1-17-6-8-26(9-7-17)21-16-23-20(15-24-21)22(28)27-12-10-25(11-13-27)19-5-3-4-18(2)14-19/h3-5,14-17H,6-13H2,1-2H3. The van der Waals surface area contributed by atoms with Gasteiger partial charge in [-0.1, -0.05) is 19.1 Å². The van der Waals surface area contributed by atoms with Crippen LogP contribution in [0.2, 0.25) is 0 Å². The number of hydrogen-bond acceptors (Lipinski definition) is 5. The number of rotatable bonds is 3. The lowest BCUT2D eigenvalue weighted by Crippen LogP contribution is -2.49. The molecule has 0 bridgehead atoms. The molecule has 6 nitrogen and oxygen atoms in total. The summed E-state index contributed by atoms with van der Waals surface area (Å²) in [5.74, 6) is 1.64. The van der Waals surface area contributed by atoms with E-state index >= 15 is 0 Å². The van der Waals surface area contributed by atoms with Crippen molar-refractivity contribution in [1.29, 1.82) is 0 Å². The van der Waals surface area contributed by atoms with Gasteiger partial charge in [0.2, 0.25) is 0 Å². The average Bonchev–Trinajstić information content (AvgIpc) is 2.74. The normalized spacial score (nSPS) is 18.4. The molecule has 0 radical (unpaired) electrons. The summed E-state index contributed by atoms with van der Waals surface area (Å²) >= 11 is 0. The first kappa shape index (κ1) is 18.7. The monoisotopic (exact) mass is 379 g/mol. The molecule has 0 saturated carbocycles. The lowest BCUT2D eigenvalue weighted by atomic mass is 9.99. The Kier molecular flexibility index (Phi) is 5.46. The number of piperidine rings is 1. The Balaban J connectivity index is 1.35. The van der Waals surface area contributed by atoms with Crippen LogP contribution in [0.1, 0.15) is 35.8 Å². The quantitative estimate of drug-likeness (QED) is 0.821. The molecule has 2 aromatic rings. The lowest BCUT2D eigenvalue weighted by molar-refractivity contribution is 0.0740. The van der Waals surface area contributed by atoms with E-state index in [1.54, 1.807) is 12.4 Å². The SMILES string of the molecule is Cc1cccc(N2CCN(C(=O)c3cnc(N4CCC(C)CC4)cn3)CC2)c1. The lowest BCUT2D eigenvalue weighted by Gasteiger charge is -2.36. The van der Waals surface area contributed by atoms with Gasteiger partial charge in [-0.05, 0) is 43.4 Å². The molecule has 0 atom stereocenters. The van der Waals surface area contributed by atoms with Crippen molar-refractivity contribution < 1.29 is 4.79 Å². The fourth-order valence-electron chi connectivity index (χ4n) is 3.99. The molecule has 1 amide bonds. The second-order valence-electron chi connectivity index (χ2n) is 8.05. The van der Waals surface area contributed by atoms with E-state index in [0.29, 0.717) is 18.8 Å². The van der Waals surface area contributed by atoms with Gasteiger partial charge in [-0.25, -0.2) is 9.97 Å². The van der Waals surface area contributed by atoms with Gasteiger partial charge in [0.1, 0.15) is 11.5 Å². The molecule has 0 spiro atoms. The summed E-state index contributed by atoms with van der Waals surface area (Å²) in [4.78, 5) is 28.3. The molecule has 2 aliphatic heterocycles. The minimum Gasteiger partial charge on any atom is -0.368 e. The molecule has 4 rings (SSSR count). The van der Waals surface area contributed by atoms with Crippen molar-refractivity contribution >= 4 is 17.4 Å². The fraction of sp³-hybridized carbons (Fsp3) is 0.500. The topological polar surface area (TPSA) is 52.6 Å². The van der Waals surface area contributed by atoms with Gasteiger partial charge in [0.15, 0.2) is 0 Å². The predicted octanol–water partition coefficient (Wildman–Crippen LogP) is 2.98. The zero-order valence-electron chi connectivity index (χ0n) is 16.8. The van der Waals surface area contributed by atoms with Crippen LogP contribution in [0.3, 0.4) is 0 Å². The number of aromatic nitrogens is 2. The van der Waals surface area contributed by atoms with Crippen LogP contribution < -0.4 is 9.80 Å². The number of nitrogens with zero attached hydrogens (tertiary/aromatic N) is 5. The molecule has 28 heavy (non-hydrogen) atoms. The number of hydrogen-bond donors (Lipinski definition) is 0. The molecule has 0 unspecified atom stereocenters. The molecular weight excluding hydrogens is 350 g/mol. The van der Waals surface area contributed by atoms with Crippen LogP contribution in [0.4, 0.5) is 11.5 Å². The van der Waals surface area contributed by atoms with Crippen LogP contribution in [0.25, 0.3) is 0 Å². The van der Waals surface area contributed by atoms with E-state index in [-0.39, 0.29) is 5.91 Å². The van der Waals surface area contributed by atoms with Gasteiger partial charge in [-0.2, -0.15) is 0 Å². The van der Waals surface area contributed by atoms with E-state index in [0.717, 1.165) is 37.9 Å². The highest BCUT2D eigenvalue weighted by Gasteiger charge is 2.24. The first-order valence-corrected chi connectivity index (χ1v) is 10.3. The number of carbonyl (C=O) groups is 1. The van der Waals surface area contributed by atoms with Gasteiger partial charge < -0.3 is 14.7 Å². The maximum absolute atomic E-state index is 12.8.